The smallest absolute Gasteiger partial charge is 0.128 e. The molecule has 0 amide bonds. The molecule has 0 saturated heterocycles. The molecule has 4 rings (SSSR count). The van der Waals surface area contributed by atoms with Gasteiger partial charge in [-0.25, -0.2) is 9.97 Å². The number of rotatable bonds is 7. The normalized spacial score (nSPS) is 18.2. The lowest BCUT2D eigenvalue weighted by atomic mass is 9.89. The summed E-state index contributed by atoms with van der Waals surface area (Å²) in [6.07, 6.45) is 4.65. The minimum atomic E-state index is -0.500. The largest absolute Gasteiger partial charge is 0.390 e. The van der Waals surface area contributed by atoms with E-state index < -0.39 is 6.10 Å². The number of thiophene rings is 2. The molecule has 1 aliphatic carbocycles. The zero-order valence-electron chi connectivity index (χ0n) is 14.7. The molecule has 0 unspecified atom stereocenters. The number of aromatic nitrogens is 2. The Morgan fingerprint density at radius 1 is 1.42 bits per heavy atom. The number of hydrogen-bond donors (Lipinski definition) is 1. The second kappa shape index (κ2) is 8.35. The number of ether oxygens (including phenoxy) is 1. The van der Waals surface area contributed by atoms with Gasteiger partial charge in [-0.05, 0) is 42.2 Å². The topological polar surface area (TPSA) is 55.2 Å². The first-order valence-corrected chi connectivity index (χ1v) is 11.5. The van der Waals surface area contributed by atoms with Gasteiger partial charge in [0.2, 0.25) is 0 Å². The van der Waals surface area contributed by atoms with Gasteiger partial charge in [-0.1, -0.05) is 13.0 Å². The predicted octanol–water partition coefficient (Wildman–Crippen LogP) is 4.55. The molecular formula is C19H22N2O2S3. The summed E-state index contributed by atoms with van der Waals surface area (Å²) in [5, 5.41) is 14.5. The molecular weight excluding hydrogens is 384 g/mol. The van der Waals surface area contributed by atoms with Crippen molar-refractivity contribution < 1.29 is 9.84 Å². The average molecular weight is 407 g/mol. The Morgan fingerprint density at radius 3 is 3.19 bits per heavy atom. The maximum Gasteiger partial charge on any atom is 0.128 e. The molecule has 7 heteroatoms. The fourth-order valence-electron chi connectivity index (χ4n) is 3.27. The van der Waals surface area contributed by atoms with Crippen molar-refractivity contribution in [2.75, 3.05) is 12.4 Å². The van der Waals surface area contributed by atoms with E-state index in [4.69, 9.17) is 4.74 Å². The van der Waals surface area contributed by atoms with Crippen molar-refractivity contribution in [3.63, 3.8) is 0 Å². The lowest BCUT2D eigenvalue weighted by Gasteiger charge is -2.18. The third-order valence-electron chi connectivity index (χ3n) is 4.60. The summed E-state index contributed by atoms with van der Waals surface area (Å²) in [6, 6.07) is 4.06. The van der Waals surface area contributed by atoms with Gasteiger partial charge in [-0.3, -0.25) is 0 Å². The fraction of sp³-hybridized carbons (Fsp3) is 0.474. The molecule has 26 heavy (non-hydrogen) atoms. The van der Waals surface area contributed by atoms with E-state index >= 15 is 0 Å². The number of aliphatic hydroxyl groups excluding tert-OH is 1. The van der Waals surface area contributed by atoms with Gasteiger partial charge in [-0.15, -0.1) is 34.4 Å². The highest BCUT2D eigenvalue weighted by molar-refractivity contribution is 7.99. The summed E-state index contributed by atoms with van der Waals surface area (Å²) < 4.78 is 5.62. The lowest BCUT2D eigenvalue weighted by molar-refractivity contribution is 0.0409. The Morgan fingerprint density at radius 2 is 2.35 bits per heavy atom. The third kappa shape index (κ3) is 4.12. The van der Waals surface area contributed by atoms with Crippen LogP contribution in [0.2, 0.25) is 0 Å². The summed E-state index contributed by atoms with van der Waals surface area (Å²) in [4.78, 5) is 12.7. The highest BCUT2D eigenvalue weighted by Crippen LogP contribution is 2.40. The molecule has 1 aliphatic rings. The molecule has 0 spiro atoms. The van der Waals surface area contributed by atoms with E-state index in [0.717, 1.165) is 28.6 Å². The zero-order valence-corrected chi connectivity index (χ0v) is 17.1. The molecule has 3 aromatic rings. The number of aliphatic hydroxyl groups is 1. The molecule has 0 aromatic carbocycles. The Hall–Kier alpha value is -0.990. The zero-order chi connectivity index (χ0) is 17.9. The van der Waals surface area contributed by atoms with Crippen LogP contribution in [0.1, 0.15) is 28.7 Å². The van der Waals surface area contributed by atoms with Crippen LogP contribution in [0.4, 0.5) is 0 Å². The van der Waals surface area contributed by atoms with Crippen LogP contribution in [0.25, 0.3) is 10.2 Å². The van der Waals surface area contributed by atoms with E-state index in [2.05, 4.69) is 16.9 Å². The molecule has 0 aliphatic heterocycles. The van der Waals surface area contributed by atoms with Gasteiger partial charge in [-0.2, -0.15) is 0 Å². The maximum absolute atomic E-state index is 10.3. The third-order valence-corrected chi connectivity index (χ3v) is 7.75. The molecule has 138 valence electrons. The molecule has 2 atom stereocenters. The van der Waals surface area contributed by atoms with Gasteiger partial charge in [0.25, 0.3) is 0 Å². The highest BCUT2D eigenvalue weighted by atomic mass is 32.2. The first-order valence-electron chi connectivity index (χ1n) is 8.87. The van der Waals surface area contributed by atoms with Crippen molar-refractivity contribution in [1.29, 1.82) is 0 Å². The van der Waals surface area contributed by atoms with E-state index in [1.54, 1.807) is 29.4 Å². The van der Waals surface area contributed by atoms with Crippen molar-refractivity contribution in [3.8, 4) is 0 Å². The molecule has 0 saturated carbocycles. The van der Waals surface area contributed by atoms with Gasteiger partial charge in [0.05, 0.1) is 19.3 Å². The van der Waals surface area contributed by atoms with E-state index in [1.165, 1.54) is 27.1 Å². The highest BCUT2D eigenvalue weighted by Gasteiger charge is 2.23. The first kappa shape index (κ1) is 18.4. The van der Waals surface area contributed by atoms with Crippen molar-refractivity contribution in [2.45, 2.75) is 43.9 Å². The molecule has 3 heterocycles. The molecule has 4 nitrogen and oxygen atoms in total. The van der Waals surface area contributed by atoms with Gasteiger partial charge in [0.15, 0.2) is 0 Å². The number of fused-ring (bicyclic) bond motifs is 3. The van der Waals surface area contributed by atoms with Crippen LogP contribution in [0.3, 0.4) is 0 Å². The number of nitrogens with zero attached hydrogens (tertiary/aromatic N) is 2. The number of thioether (sulfide) groups is 1. The number of hydrogen-bond acceptors (Lipinski definition) is 7. The molecule has 0 fully saturated rings. The van der Waals surface area contributed by atoms with Crippen LogP contribution in [-0.4, -0.2) is 33.5 Å². The number of aryl methyl sites for hydroxylation is 1. The fourth-order valence-corrected chi connectivity index (χ4v) is 6.26. The Labute approximate surface area is 165 Å². The van der Waals surface area contributed by atoms with Crippen LogP contribution >= 0.6 is 34.4 Å². The molecule has 1 N–H and O–H groups in total. The van der Waals surface area contributed by atoms with E-state index in [1.807, 2.05) is 28.8 Å². The monoisotopic (exact) mass is 406 g/mol. The molecule has 0 radical (unpaired) electrons. The van der Waals surface area contributed by atoms with E-state index in [-0.39, 0.29) is 0 Å². The van der Waals surface area contributed by atoms with Gasteiger partial charge < -0.3 is 9.84 Å². The van der Waals surface area contributed by atoms with Crippen LogP contribution < -0.4 is 0 Å². The maximum atomic E-state index is 10.3. The molecule has 3 aromatic heterocycles. The first-order chi connectivity index (χ1) is 12.7. The second-order valence-electron chi connectivity index (χ2n) is 6.77. The van der Waals surface area contributed by atoms with Gasteiger partial charge in [0.1, 0.15) is 16.2 Å². The van der Waals surface area contributed by atoms with Gasteiger partial charge in [0, 0.05) is 20.9 Å². The SMILES string of the molecule is C[C@H]1CCc2c(sc3ncnc(SC[C@H](O)COCc4cccs4)c23)C1. The van der Waals surface area contributed by atoms with Crippen LogP contribution in [-0.2, 0) is 24.2 Å². The van der Waals surface area contributed by atoms with Gasteiger partial charge >= 0.3 is 0 Å². The minimum absolute atomic E-state index is 0.346. The molecule has 0 bridgehead atoms. The van der Waals surface area contributed by atoms with Crippen molar-refractivity contribution in [3.05, 3.63) is 39.2 Å². The minimum Gasteiger partial charge on any atom is -0.390 e. The Balaban J connectivity index is 1.39. The standard InChI is InChI=1S/C19H22N2O2S3/c1-12-4-5-15-16(7-12)26-19-17(15)18(20-11-21-19)25-10-13(22)8-23-9-14-3-2-6-24-14/h2-3,6,11-13,22H,4-5,7-10H2,1H3/t12-,13+/m0/s1. The summed E-state index contributed by atoms with van der Waals surface area (Å²) in [5.74, 6) is 1.33. The predicted molar refractivity (Wildman–Crippen MR) is 109 cm³/mol. The average Bonchev–Trinajstić information content (AvgIpc) is 3.26. The van der Waals surface area contributed by atoms with Crippen LogP contribution in [0.5, 0.6) is 0 Å². The summed E-state index contributed by atoms with van der Waals surface area (Å²) in [5.41, 5.74) is 1.44. The van der Waals surface area contributed by atoms with Crippen LogP contribution in [0, 0.1) is 5.92 Å². The second-order valence-corrected chi connectivity index (χ2v) is 9.89. The Bertz CT molecular complexity index is 863. The lowest BCUT2D eigenvalue weighted by Crippen LogP contribution is -2.18. The Kier molecular flexibility index (Phi) is 5.90. The summed E-state index contributed by atoms with van der Waals surface area (Å²) in [7, 11) is 0. The van der Waals surface area contributed by atoms with Crippen molar-refractivity contribution in [2.24, 2.45) is 5.92 Å². The van der Waals surface area contributed by atoms with Crippen molar-refractivity contribution >= 4 is 44.7 Å². The quantitative estimate of drug-likeness (QED) is 0.461. The summed E-state index contributed by atoms with van der Waals surface area (Å²) in [6.45, 7) is 3.23. The summed E-state index contributed by atoms with van der Waals surface area (Å²) >= 11 is 5.10. The van der Waals surface area contributed by atoms with Crippen molar-refractivity contribution in [1.82, 2.24) is 9.97 Å². The van der Waals surface area contributed by atoms with Crippen LogP contribution in [0.15, 0.2) is 28.9 Å². The van der Waals surface area contributed by atoms with E-state index in [0.29, 0.717) is 19.0 Å². The van der Waals surface area contributed by atoms with E-state index in [9.17, 15) is 5.11 Å².